The Morgan fingerprint density at radius 3 is 2.21 bits per heavy atom. The number of carbonyl (C=O) groups is 2. The van der Waals surface area contributed by atoms with E-state index in [2.05, 4.69) is 5.32 Å². The second kappa shape index (κ2) is 13.8. The lowest BCUT2D eigenvalue weighted by molar-refractivity contribution is -0.139. The number of sulfonamides is 1. The van der Waals surface area contributed by atoms with Crippen molar-refractivity contribution in [3.8, 4) is 5.75 Å². The van der Waals surface area contributed by atoms with Gasteiger partial charge in [0.05, 0.1) is 27.7 Å². The average molecular weight is 633 g/mol. The quantitative estimate of drug-likeness (QED) is 0.281. The van der Waals surface area contributed by atoms with Crippen molar-refractivity contribution in [2.45, 2.75) is 63.1 Å². The second-order valence-electron chi connectivity index (χ2n) is 10.5. The maximum atomic E-state index is 14.1. The Labute approximate surface area is 257 Å². The minimum atomic E-state index is -4.21. The molecule has 1 saturated carbocycles. The molecule has 0 unspecified atom stereocenters. The molecule has 1 aliphatic rings. The van der Waals surface area contributed by atoms with Gasteiger partial charge in [-0.25, -0.2) is 8.42 Å². The molecule has 1 N–H and O–H groups in total. The Morgan fingerprint density at radius 1 is 0.976 bits per heavy atom. The number of hydrogen-bond acceptors (Lipinski definition) is 5. The zero-order valence-electron chi connectivity index (χ0n) is 23.8. The van der Waals surface area contributed by atoms with Crippen molar-refractivity contribution < 1.29 is 22.7 Å². The van der Waals surface area contributed by atoms with Crippen molar-refractivity contribution in [3.05, 3.63) is 87.9 Å². The SMILES string of the molecule is COc1ccc(CN(C(=O)CN(c2ccc(Cl)c(Cl)c2)S(=O)(=O)c2ccc(C)cc2)[C@@H](C)C(=O)NC2CCCC2)cc1. The van der Waals surface area contributed by atoms with Crippen LogP contribution in [0.2, 0.25) is 10.0 Å². The summed E-state index contributed by atoms with van der Waals surface area (Å²) < 4.78 is 34.1. The molecular weight excluding hydrogens is 597 g/mol. The van der Waals surface area contributed by atoms with Crippen LogP contribution >= 0.6 is 23.2 Å². The molecule has 224 valence electrons. The van der Waals surface area contributed by atoms with Crippen molar-refractivity contribution in [1.82, 2.24) is 10.2 Å². The van der Waals surface area contributed by atoms with Crippen molar-refractivity contribution in [3.63, 3.8) is 0 Å². The number of nitrogens with zero attached hydrogens (tertiary/aromatic N) is 2. The van der Waals surface area contributed by atoms with Crippen molar-refractivity contribution in [2.75, 3.05) is 18.0 Å². The van der Waals surface area contributed by atoms with Crippen molar-refractivity contribution in [1.29, 1.82) is 0 Å². The Hall–Kier alpha value is -3.27. The highest BCUT2D eigenvalue weighted by molar-refractivity contribution is 7.92. The fourth-order valence-electron chi connectivity index (χ4n) is 4.91. The molecule has 8 nitrogen and oxygen atoms in total. The number of anilines is 1. The number of amides is 2. The molecular formula is C31H35Cl2N3O5S. The topological polar surface area (TPSA) is 96.0 Å². The standard InChI is InChI=1S/C31H35Cl2N3O5S/c1-21-8-15-27(16-9-21)42(39,40)36(25-12-17-28(32)29(33)18-25)20-30(37)35(19-23-10-13-26(41-3)14-11-23)22(2)31(38)34-24-6-4-5-7-24/h8-18,22,24H,4-7,19-20H2,1-3H3,(H,34,38)/t22-/m0/s1. The van der Waals surface area contributed by atoms with Crippen LogP contribution in [0.15, 0.2) is 71.6 Å². The molecule has 11 heteroatoms. The largest absolute Gasteiger partial charge is 0.497 e. The Morgan fingerprint density at radius 2 is 1.62 bits per heavy atom. The number of carbonyl (C=O) groups excluding carboxylic acids is 2. The van der Waals surface area contributed by atoms with Crippen LogP contribution in [-0.2, 0) is 26.2 Å². The Bertz CT molecular complexity index is 1510. The van der Waals surface area contributed by atoms with Crippen molar-refractivity contribution in [2.24, 2.45) is 0 Å². The minimum Gasteiger partial charge on any atom is -0.497 e. The van der Waals surface area contributed by atoms with E-state index in [4.69, 9.17) is 27.9 Å². The molecule has 0 heterocycles. The monoisotopic (exact) mass is 631 g/mol. The molecule has 42 heavy (non-hydrogen) atoms. The van der Waals surface area contributed by atoms with Gasteiger partial charge in [0.25, 0.3) is 10.0 Å². The van der Waals surface area contributed by atoms with E-state index in [1.165, 1.54) is 35.2 Å². The molecule has 2 amide bonds. The summed E-state index contributed by atoms with van der Waals surface area (Å²) in [5, 5.41) is 3.45. The Kier molecular flexibility index (Phi) is 10.4. The summed E-state index contributed by atoms with van der Waals surface area (Å²) in [4.78, 5) is 28.8. The summed E-state index contributed by atoms with van der Waals surface area (Å²) in [6.45, 7) is 3.03. The van der Waals surface area contributed by atoms with E-state index in [0.717, 1.165) is 41.1 Å². The smallest absolute Gasteiger partial charge is 0.264 e. The highest BCUT2D eigenvalue weighted by Crippen LogP contribution is 2.31. The number of rotatable bonds is 11. The van der Waals surface area contributed by atoms with Gasteiger partial charge in [0.1, 0.15) is 18.3 Å². The van der Waals surface area contributed by atoms with Gasteiger partial charge in [0.15, 0.2) is 0 Å². The van der Waals surface area contributed by atoms with Gasteiger partial charge >= 0.3 is 0 Å². The normalized spacial score (nSPS) is 14.3. The van der Waals surface area contributed by atoms with E-state index in [1.54, 1.807) is 50.4 Å². The number of halogens is 2. The molecule has 0 saturated heterocycles. The molecule has 3 aromatic carbocycles. The van der Waals surface area contributed by atoms with Crippen LogP contribution in [-0.4, -0.2) is 50.9 Å². The fourth-order valence-corrected chi connectivity index (χ4v) is 6.61. The number of hydrogen-bond donors (Lipinski definition) is 1. The molecule has 0 radical (unpaired) electrons. The molecule has 4 rings (SSSR count). The van der Waals surface area contributed by atoms with Crippen LogP contribution < -0.4 is 14.4 Å². The molecule has 0 aliphatic heterocycles. The van der Waals surface area contributed by atoms with Crippen molar-refractivity contribution >= 4 is 50.7 Å². The first-order valence-electron chi connectivity index (χ1n) is 13.8. The van der Waals surface area contributed by atoms with Crippen LogP contribution in [0.1, 0.15) is 43.7 Å². The van der Waals surface area contributed by atoms with Crippen LogP contribution in [0.25, 0.3) is 0 Å². The summed E-state index contributed by atoms with van der Waals surface area (Å²) in [5.41, 5.74) is 1.82. The molecule has 1 atom stereocenters. The summed E-state index contributed by atoms with van der Waals surface area (Å²) in [7, 11) is -2.65. The van der Waals surface area contributed by atoms with Gasteiger partial charge in [-0.2, -0.15) is 0 Å². The van der Waals surface area contributed by atoms with Crippen LogP contribution in [0.3, 0.4) is 0 Å². The molecule has 0 bridgehead atoms. The first-order valence-corrected chi connectivity index (χ1v) is 16.0. The van der Waals surface area contributed by atoms with E-state index < -0.39 is 28.5 Å². The lowest BCUT2D eigenvalue weighted by Crippen LogP contribution is -2.52. The van der Waals surface area contributed by atoms with Gasteiger partial charge in [-0.3, -0.25) is 13.9 Å². The minimum absolute atomic E-state index is 0.0145. The maximum Gasteiger partial charge on any atom is 0.264 e. The van der Waals surface area contributed by atoms with E-state index in [9.17, 15) is 18.0 Å². The zero-order chi connectivity index (χ0) is 30.4. The lowest BCUT2D eigenvalue weighted by atomic mass is 10.1. The van der Waals surface area contributed by atoms with Crippen LogP contribution in [0.4, 0.5) is 5.69 Å². The molecule has 1 fully saturated rings. The second-order valence-corrected chi connectivity index (χ2v) is 13.1. The van der Waals surface area contributed by atoms with Gasteiger partial charge < -0.3 is 15.0 Å². The van der Waals surface area contributed by atoms with Gasteiger partial charge in [-0.15, -0.1) is 0 Å². The van der Waals surface area contributed by atoms with Crippen LogP contribution in [0.5, 0.6) is 5.75 Å². The molecule has 0 spiro atoms. The predicted octanol–water partition coefficient (Wildman–Crippen LogP) is 5.98. The fraction of sp³-hybridized carbons (Fsp3) is 0.355. The summed E-state index contributed by atoms with van der Waals surface area (Å²) >= 11 is 12.4. The zero-order valence-corrected chi connectivity index (χ0v) is 26.2. The lowest BCUT2D eigenvalue weighted by Gasteiger charge is -2.32. The number of nitrogens with one attached hydrogen (secondary N) is 1. The number of benzene rings is 3. The third-order valence-corrected chi connectivity index (χ3v) is 9.99. The maximum absolute atomic E-state index is 14.1. The third-order valence-electron chi connectivity index (χ3n) is 7.46. The first-order chi connectivity index (χ1) is 20.0. The summed E-state index contributed by atoms with van der Waals surface area (Å²) in [5.74, 6) is -0.188. The predicted molar refractivity (Wildman–Crippen MR) is 166 cm³/mol. The number of ether oxygens (including phenoxy) is 1. The van der Waals surface area contributed by atoms with Gasteiger partial charge in [-0.05, 0) is 74.7 Å². The molecule has 3 aromatic rings. The van der Waals surface area contributed by atoms with Gasteiger partial charge in [-0.1, -0.05) is 65.9 Å². The summed E-state index contributed by atoms with van der Waals surface area (Å²) in [6.07, 6.45) is 3.88. The van der Waals surface area contributed by atoms with E-state index >= 15 is 0 Å². The first kappa shape index (κ1) is 31.7. The number of aryl methyl sites for hydroxylation is 1. The third kappa shape index (κ3) is 7.56. The average Bonchev–Trinajstić information content (AvgIpc) is 3.49. The van der Waals surface area contributed by atoms with E-state index in [1.807, 2.05) is 6.92 Å². The van der Waals surface area contributed by atoms with E-state index in [-0.39, 0.29) is 39.1 Å². The molecule has 1 aliphatic carbocycles. The van der Waals surface area contributed by atoms with Gasteiger partial charge in [0, 0.05) is 12.6 Å². The van der Waals surface area contributed by atoms with Crippen LogP contribution in [0, 0.1) is 6.92 Å². The highest BCUT2D eigenvalue weighted by Gasteiger charge is 2.33. The van der Waals surface area contributed by atoms with Gasteiger partial charge in [0.2, 0.25) is 11.8 Å². The molecule has 0 aromatic heterocycles. The highest BCUT2D eigenvalue weighted by atomic mass is 35.5. The Balaban J connectivity index is 1.70. The number of methoxy groups -OCH3 is 1. The van der Waals surface area contributed by atoms with E-state index in [0.29, 0.717) is 5.75 Å². The summed E-state index contributed by atoms with van der Waals surface area (Å²) in [6, 6.07) is 17.1.